The standard InChI is InChI=1S/C14H28N2O/c1-12-7-6-8-13(2)16(12)15-11-14(17)9-4-3-5-10-14/h12-13,15,17H,3-11H2,1-2H3. The van der Waals surface area contributed by atoms with E-state index >= 15 is 0 Å². The lowest BCUT2D eigenvalue weighted by atomic mass is 9.85. The minimum absolute atomic E-state index is 0.449. The molecule has 1 aliphatic heterocycles. The van der Waals surface area contributed by atoms with E-state index in [0.29, 0.717) is 12.1 Å². The summed E-state index contributed by atoms with van der Waals surface area (Å²) in [5.41, 5.74) is 3.07. The van der Waals surface area contributed by atoms with Gasteiger partial charge in [-0.25, -0.2) is 5.01 Å². The van der Waals surface area contributed by atoms with Crippen molar-refractivity contribution in [1.29, 1.82) is 0 Å². The van der Waals surface area contributed by atoms with Crippen molar-refractivity contribution in [1.82, 2.24) is 10.4 Å². The van der Waals surface area contributed by atoms with Crippen molar-refractivity contribution in [2.24, 2.45) is 0 Å². The average molecular weight is 240 g/mol. The summed E-state index contributed by atoms with van der Waals surface area (Å²) in [6.07, 6.45) is 9.48. The predicted molar refractivity (Wildman–Crippen MR) is 70.7 cm³/mol. The van der Waals surface area contributed by atoms with E-state index in [1.165, 1.54) is 38.5 Å². The van der Waals surface area contributed by atoms with E-state index in [0.717, 1.165) is 19.4 Å². The van der Waals surface area contributed by atoms with Crippen molar-refractivity contribution in [3.05, 3.63) is 0 Å². The predicted octanol–water partition coefficient (Wildman–Crippen LogP) is 2.45. The third kappa shape index (κ3) is 3.43. The Kier molecular flexibility index (Phi) is 4.45. The first-order valence-electron chi connectivity index (χ1n) is 7.35. The van der Waals surface area contributed by atoms with Gasteiger partial charge in [-0.05, 0) is 39.5 Å². The SMILES string of the molecule is CC1CCCC(C)N1NCC1(O)CCCCC1. The maximum Gasteiger partial charge on any atom is 0.0785 e. The third-order valence-electron chi connectivity index (χ3n) is 4.57. The van der Waals surface area contributed by atoms with Gasteiger partial charge in [0.05, 0.1) is 5.60 Å². The Labute approximate surface area is 106 Å². The van der Waals surface area contributed by atoms with Crippen LogP contribution in [0.5, 0.6) is 0 Å². The molecule has 0 amide bonds. The summed E-state index contributed by atoms with van der Waals surface area (Å²) >= 11 is 0. The molecule has 2 N–H and O–H groups in total. The Bertz CT molecular complexity index is 228. The zero-order valence-corrected chi connectivity index (χ0v) is 11.4. The fourth-order valence-electron chi connectivity index (χ4n) is 3.36. The fourth-order valence-corrected chi connectivity index (χ4v) is 3.36. The van der Waals surface area contributed by atoms with E-state index < -0.39 is 5.60 Å². The van der Waals surface area contributed by atoms with Gasteiger partial charge < -0.3 is 5.11 Å². The van der Waals surface area contributed by atoms with Gasteiger partial charge in [0.25, 0.3) is 0 Å². The van der Waals surface area contributed by atoms with Crippen LogP contribution in [0, 0.1) is 0 Å². The van der Waals surface area contributed by atoms with Crippen molar-refractivity contribution in [3.63, 3.8) is 0 Å². The largest absolute Gasteiger partial charge is 0.389 e. The molecule has 2 aliphatic rings. The Hall–Kier alpha value is -0.120. The van der Waals surface area contributed by atoms with Gasteiger partial charge in [0.15, 0.2) is 0 Å². The van der Waals surface area contributed by atoms with Crippen molar-refractivity contribution in [3.8, 4) is 0 Å². The smallest absolute Gasteiger partial charge is 0.0785 e. The number of aliphatic hydroxyl groups is 1. The van der Waals surface area contributed by atoms with Crippen LogP contribution in [0.25, 0.3) is 0 Å². The second-order valence-electron chi connectivity index (χ2n) is 6.16. The molecule has 3 nitrogen and oxygen atoms in total. The molecule has 1 heterocycles. The number of piperidine rings is 1. The molecule has 100 valence electrons. The number of rotatable bonds is 3. The Morgan fingerprint density at radius 1 is 1.06 bits per heavy atom. The number of nitrogens with one attached hydrogen (secondary N) is 1. The number of hydrogen-bond donors (Lipinski definition) is 2. The summed E-state index contributed by atoms with van der Waals surface area (Å²) in [4.78, 5) is 0. The molecule has 1 saturated carbocycles. The molecule has 17 heavy (non-hydrogen) atoms. The Morgan fingerprint density at radius 3 is 2.24 bits per heavy atom. The molecule has 0 aromatic carbocycles. The molecule has 0 aromatic heterocycles. The third-order valence-corrected chi connectivity index (χ3v) is 4.57. The van der Waals surface area contributed by atoms with E-state index in [4.69, 9.17) is 0 Å². The highest BCUT2D eigenvalue weighted by atomic mass is 16.3. The van der Waals surface area contributed by atoms with Gasteiger partial charge in [0.1, 0.15) is 0 Å². The van der Waals surface area contributed by atoms with Crippen molar-refractivity contribution >= 4 is 0 Å². The van der Waals surface area contributed by atoms with Crippen LogP contribution in [-0.4, -0.2) is 34.3 Å². The van der Waals surface area contributed by atoms with Crippen molar-refractivity contribution in [2.75, 3.05) is 6.54 Å². The van der Waals surface area contributed by atoms with Gasteiger partial charge in [-0.2, -0.15) is 0 Å². The summed E-state index contributed by atoms with van der Waals surface area (Å²) in [6.45, 7) is 5.31. The molecule has 0 aromatic rings. The van der Waals surface area contributed by atoms with Gasteiger partial charge in [0, 0.05) is 18.6 Å². The molecule has 2 atom stereocenters. The monoisotopic (exact) mass is 240 g/mol. The molecule has 0 radical (unpaired) electrons. The van der Waals surface area contributed by atoms with Gasteiger partial charge in [-0.15, -0.1) is 0 Å². The van der Waals surface area contributed by atoms with E-state index in [2.05, 4.69) is 24.3 Å². The second kappa shape index (κ2) is 5.68. The lowest BCUT2D eigenvalue weighted by molar-refractivity contribution is -0.0360. The first kappa shape index (κ1) is 13.3. The summed E-state index contributed by atoms with van der Waals surface area (Å²) in [5, 5.41) is 12.9. The zero-order valence-electron chi connectivity index (χ0n) is 11.4. The van der Waals surface area contributed by atoms with Crippen molar-refractivity contribution < 1.29 is 5.11 Å². The van der Waals surface area contributed by atoms with Crippen LogP contribution in [0.4, 0.5) is 0 Å². The molecule has 3 heteroatoms. The fraction of sp³-hybridized carbons (Fsp3) is 1.00. The number of hydrogen-bond acceptors (Lipinski definition) is 3. The Balaban J connectivity index is 1.83. The maximum absolute atomic E-state index is 10.5. The molecule has 2 rings (SSSR count). The van der Waals surface area contributed by atoms with E-state index in [9.17, 15) is 5.11 Å². The lowest BCUT2D eigenvalue weighted by Crippen LogP contribution is -2.56. The quantitative estimate of drug-likeness (QED) is 0.795. The normalized spacial score (nSPS) is 34.8. The van der Waals surface area contributed by atoms with Gasteiger partial charge in [-0.3, -0.25) is 5.43 Å². The van der Waals surface area contributed by atoms with Crippen LogP contribution in [0.15, 0.2) is 0 Å². The molecule has 2 unspecified atom stereocenters. The van der Waals surface area contributed by atoms with Crippen LogP contribution >= 0.6 is 0 Å². The molecule has 1 saturated heterocycles. The Morgan fingerprint density at radius 2 is 1.65 bits per heavy atom. The average Bonchev–Trinajstić information content (AvgIpc) is 2.29. The summed E-state index contributed by atoms with van der Waals surface area (Å²) in [5.74, 6) is 0. The minimum Gasteiger partial charge on any atom is -0.389 e. The molecule has 1 aliphatic carbocycles. The molecular formula is C14H28N2O. The first-order chi connectivity index (χ1) is 8.11. The maximum atomic E-state index is 10.5. The van der Waals surface area contributed by atoms with Crippen LogP contribution in [-0.2, 0) is 0 Å². The summed E-state index contributed by atoms with van der Waals surface area (Å²) in [6, 6.07) is 1.21. The number of hydrazine groups is 1. The topological polar surface area (TPSA) is 35.5 Å². The van der Waals surface area contributed by atoms with Gasteiger partial charge in [-0.1, -0.05) is 25.7 Å². The second-order valence-corrected chi connectivity index (χ2v) is 6.16. The zero-order chi connectivity index (χ0) is 12.3. The van der Waals surface area contributed by atoms with Gasteiger partial charge >= 0.3 is 0 Å². The van der Waals surface area contributed by atoms with Crippen LogP contribution in [0.2, 0.25) is 0 Å². The minimum atomic E-state index is -0.449. The number of nitrogens with zero attached hydrogens (tertiary/aromatic N) is 1. The summed E-state index contributed by atoms with van der Waals surface area (Å²) in [7, 11) is 0. The van der Waals surface area contributed by atoms with Crippen LogP contribution in [0.1, 0.15) is 65.2 Å². The highest BCUT2D eigenvalue weighted by molar-refractivity contribution is 4.85. The van der Waals surface area contributed by atoms with Crippen LogP contribution < -0.4 is 5.43 Å². The highest BCUT2D eigenvalue weighted by Crippen LogP contribution is 2.28. The van der Waals surface area contributed by atoms with E-state index in [1.54, 1.807) is 0 Å². The van der Waals surface area contributed by atoms with E-state index in [-0.39, 0.29) is 0 Å². The molecule has 0 bridgehead atoms. The van der Waals surface area contributed by atoms with E-state index in [1.807, 2.05) is 0 Å². The lowest BCUT2D eigenvalue weighted by Gasteiger charge is -2.42. The highest BCUT2D eigenvalue weighted by Gasteiger charge is 2.31. The van der Waals surface area contributed by atoms with Gasteiger partial charge in [0.2, 0.25) is 0 Å². The molecular weight excluding hydrogens is 212 g/mol. The first-order valence-corrected chi connectivity index (χ1v) is 7.35. The van der Waals surface area contributed by atoms with Crippen molar-refractivity contribution in [2.45, 2.75) is 82.9 Å². The molecule has 0 spiro atoms. The van der Waals surface area contributed by atoms with Crippen LogP contribution in [0.3, 0.4) is 0 Å². The molecule has 2 fully saturated rings. The summed E-state index contributed by atoms with van der Waals surface area (Å²) < 4.78 is 0.